The Balaban J connectivity index is 1.76. The van der Waals surface area contributed by atoms with Gasteiger partial charge in [-0.3, -0.25) is 4.79 Å². The number of thioether (sulfide) groups is 1. The normalized spacial score (nSPS) is 12.1. The molecule has 2 aromatic heterocycles. The van der Waals surface area contributed by atoms with Gasteiger partial charge in [0.1, 0.15) is 11.6 Å². The van der Waals surface area contributed by atoms with Crippen molar-refractivity contribution in [2.24, 2.45) is 0 Å². The Morgan fingerprint density at radius 3 is 2.71 bits per heavy atom. The van der Waals surface area contributed by atoms with E-state index in [0.29, 0.717) is 18.1 Å². The second-order valence-electron chi connectivity index (χ2n) is 6.66. The standard InChI is InChI=1S/C20H25N5O2S/c1-4-5-11-17(19(26)21-18-12-14(2)27-24-18)28-20-23-22-15(3)25(20)13-16-9-7-6-8-10-16/h6-10,12,17H,4-5,11,13H2,1-3H3,(H,21,24,26). The molecule has 3 rings (SSSR count). The van der Waals surface area contributed by atoms with Crippen LogP contribution in [0.15, 0.2) is 46.1 Å². The molecule has 1 N–H and O–H groups in total. The van der Waals surface area contributed by atoms with Crippen molar-refractivity contribution in [2.45, 2.75) is 57.0 Å². The molecular formula is C20H25N5O2S. The number of unbranched alkanes of at least 4 members (excludes halogenated alkanes) is 1. The second kappa shape index (κ2) is 9.54. The minimum atomic E-state index is -0.282. The molecule has 148 valence electrons. The number of aryl methyl sites for hydroxylation is 2. The van der Waals surface area contributed by atoms with Gasteiger partial charge in [-0.05, 0) is 25.8 Å². The van der Waals surface area contributed by atoms with E-state index in [1.54, 1.807) is 13.0 Å². The van der Waals surface area contributed by atoms with Gasteiger partial charge in [0.2, 0.25) is 5.91 Å². The number of anilines is 1. The first kappa shape index (κ1) is 20.1. The third-order valence-electron chi connectivity index (χ3n) is 4.32. The summed E-state index contributed by atoms with van der Waals surface area (Å²) in [5.41, 5.74) is 1.17. The summed E-state index contributed by atoms with van der Waals surface area (Å²) in [4.78, 5) is 12.8. The highest BCUT2D eigenvalue weighted by Gasteiger charge is 2.24. The third-order valence-corrected chi connectivity index (χ3v) is 5.57. The van der Waals surface area contributed by atoms with Crippen molar-refractivity contribution in [3.8, 4) is 0 Å². The summed E-state index contributed by atoms with van der Waals surface area (Å²) >= 11 is 1.45. The lowest BCUT2D eigenvalue weighted by molar-refractivity contribution is -0.115. The topological polar surface area (TPSA) is 85.8 Å². The number of carbonyl (C=O) groups excluding carboxylic acids is 1. The number of hydrogen-bond acceptors (Lipinski definition) is 6. The van der Waals surface area contributed by atoms with Crippen LogP contribution in [-0.4, -0.2) is 31.1 Å². The molecule has 3 aromatic rings. The number of hydrogen-bond donors (Lipinski definition) is 1. The van der Waals surface area contributed by atoms with Crippen LogP contribution in [0.1, 0.15) is 43.3 Å². The molecule has 1 aromatic carbocycles. The van der Waals surface area contributed by atoms with Gasteiger partial charge in [0.25, 0.3) is 0 Å². The first-order valence-corrected chi connectivity index (χ1v) is 10.3. The molecule has 1 amide bonds. The molecule has 7 nitrogen and oxygen atoms in total. The lowest BCUT2D eigenvalue weighted by atomic mass is 10.2. The number of benzene rings is 1. The van der Waals surface area contributed by atoms with Crippen molar-refractivity contribution in [2.75, 3.05) is 5.32 Å². The highest BCUT2D eigenvalue weighted by atomic mass is 32.2. The Labute approximate surface area is 168 Å². The van der Waals surface area contributed by atoms with Crippen LogP contribution in [0, 0.1) is 13.8 Å². The highest BCUT2D eigenvalue weighted by Crippen LogP contribution is 2.28. The predicted molar refractivity (Wildman–Crippen MR) is 109 cm³/mol. The number of amides is 1. The van der Waals surface area contributed by atoms with E-state index in [9.17, 15) is 4.79 Å². The summed E-state index contributed by atoms with van der Waals surface area (Å²) in [6.07, 6.45) is 2.72. The monoisotopic (exact) mass is 399 g/mol. The van der Waals surface area contributed by atoms with Crippen molar-refractivity contribution < 1.29 is 9.32 Å². The van der Waals surface area contributed by atoms with E-state index >= 15 is 0 Å². The van der Waals surface area contributed by atoms with E-state index in [1.807, 2.05) is 29.7 Å². The molecule has 1 unspecified atom stereocenters. The smallest absolute Gasteiger partial charge is 0.239 e. The quantitative estimate of drug-likeness (QED) is 0.542. The first-order valence-electron chi connectivity index (χ1n) is 9.41. The maximum Gasteiger partial charge on any atom is 0.239 e. The molecule has 0 saturated heterocycles. The van der Waals surface area contributed by atoms with E-state index in [2.05, 4.69) is 39.7 Å². The number of aromatic nitrogens is 4. The molecule has 0 aliphatic carbocycles. The van der Waals surface area contributed by atoms with Gasteiger partial charge in [0, 0.05) is 6.07 Å². The Morgan fingerprint density at radius 2 is 2.04 bits per heavy atom. The number of nitrogens with zero attached hydrogens (tertiary/aromatic N) is 4. The van der Waals surface area contributed by atoms with Gasteiger partial charge >= 0.3 is 0 Å². The largest absolute Gasteiger partial charge is 0.360 e. The summed E-state index contributed by atoms with van der Waals surface area (Å²) in [7, 11) is 0. The molecule has 28 heavy (non-hydrogen) atoms. The molecule has 0 aliphatic heterocycles. The molecule has 0 bridgehead atoms. The molecule has 8 heteroatoms. The predicted octanol–water partition coefficient (Wildman–Crippen LogP) is 4.22. The zero-order valence-electron chi connectivity index (χ0n) is 16.4. The summed E-state index contributed by atoms with van der Waals surface area (Å²) in [5, 5.41) is 15.7. The molecule has 2 heterocycles. The van der Waals surface area contributed by atoms with Crippen molar-refractivity contribution in [1.82, 2.24) is 19.9 Å². The van der Waals surface area contributed by atoms with E-state index in [0.717, 1.165) is 30.2 Å². The molecule has 0 saturated carbocycles. The van der Waals surface area contributed by atoms with Crippen molar-refractivity contribution in [3.05, 3.63) is 53.5 Å². The summed E-state index contributed by atoms with van der Waals surface area (Å²) in [6.45, 7) is 6.51. The average Bonchev–Trinajstić information content (AvgIpc) is 3.25. The highest BCUT2D eigenvalue weighted by molar-refractivity contribution is 8.00. The number of carbonyl (C=O) groups is 1. The Bertz CT molecular complexity index is 906. The van der Waals surface area contributed by atoms with Gasteiger partial charge in [0.15, 0.2) is 11.0 Å². The Morgan fingerprint density at radius 1 is 1.25 bits per heavy atom. The number of nitrogens with one attached hydrogen (secondary N) is 1. The van der Waals surface area contributed by atoms with Gasteiger partial charge < -0.3 is 14.4 Å². The lowest BCUT2D eigenvalue weighted by Crippen LogP contribution is -2.26. The van der Waals surface area contributed by atoms with E-state index in [4.69, 9.17) is 4.52 Å². The third kappa shape index (κ3) is 5.22. The molecule has 0 aliphatic rings. The zero-order valence-corrected chi connectivity index (χ0v) is 17.2. The molecule has 0 spiro atoms. The minimum Gasteiger partial charge on any atom is -0.360 e. The first-order chi connectivity index (χ1) is 13.6. The van der Waals surface area contributed by atoms with Crippen molar-refractivity contribution >= 4 is 23.5 Å². The van der Waals surface area contributed by atoms with E-state index in [1.165, 1.54) is 17.3 Å². The van der Waals surface area contributed by atoms with Crippen LogP contribution < -0.4 is 5.32 Å². The fourth-order valence-corrected chi connectivity index (χ4v) is 3.91. The van der Waals surface area contributed by atoms with Crippen LogP contribution in [0.2, 0.25) is 0 Å². The summed E-state index contributed by atoms with van der Waals surface area (Å²) in [6, 6.07) is 11.9. The summed E-state index contributed by atoms with van der Waals surface area (Å²) < 4.78 is 7.08. The molecule has 0 radical (unpaired) electrons. The van der Waals surface area contributed by atoms with Gasteiger partial charge in [0.05, 0.1) is 11.8 Å². The van der Waals surface area contributed by atoms with Crippen molar-refractivity contribution in [3.63, 3.8) is 0 Å². The van der Waals surface area contributed by atoms with Crippen LogP contribution in [0.3, 0.4) is 0 Å². The van der Waals surface area contributed by atoms with Crippen LogP contribution in [0.5, 0.6) is 0 Å². The van der Waals surface area contributed by atoms with Crippen LogP contribution >= 0.6 is 11.8 Å². The Kier molecular flexibility index (Phi) is 6.86. The van der Waals surface area contributed by atoms with Crippen LogP contribution in [0.25, 0.3) is 0 Å². The molecule has 1 atom stereocenters. The molecule has 0 fully saturated rings. The zero-order chi connectivity index (χ0) is 19.9. The van der Waals surface area contributed by atoms with E-state index < -0.39 is 0 Å². The lowest BCUT2D eigenvalue weighted by Gasteiger charge is -2.16. The van der Waals surface area contributed by atoms with E-state index in [-0.39, 0.29) is 11.2 Å². The van der Waals surface area contributed by atoms with Gasteiger partial charge in [-0.1, -0.05) is 67.0 Å². The van der Waals surface area contributed by atoms with Gasteiger partial charge in [-0.2, -0.15) is 0 Å². The average molecular weight is 400 g/mol. The SMILES string of the molecule is CCCCC(Sc1nnc(C)n1Cc1ccccc1)C(=O)Nc1cc(C)on1. The fraction of sp³-hybridized carbons (Fsp3) is 0.400. The summed E-state index contributed by atoms with van der Waals surface area (Å²) in [5.74, 6) is 1.82. The second-order valence-corrected chi connectivity index (χ2v) is 7.83. The van der Waals surface area contributed by atoms with Crippen LogP contribution in [-0.2, 0) is 11.3 Å². The minimum absolute atomic E-state index is 0.0985. The fourth-order valence-electron chi connectivity index (χ4n) is 2.79. The Hall–Kier alpha value is -2.61. The maximum absolute atomic E-state index is 12.8. The van der Waals surface area contributed by atoms with Gasteiger partial charge in [-0.25, -0.2) is 0 Å². The number of rotatable bonds is 9. The molecular weight excluding hydrogens is 374 g/mol. The van der Waals surface area contributed by atoms with Crippen molar-refractivity contribution in [1.29, 1.82) is 0 Å². The van der Waals surface area contributed by atoms with Crippen LogP contribution in [0.4, 0.5) is 5.82 Å². The van der Waals surface area contributed by atoms with Gasteiger partial charge in [-0.15, -0.1) is 10.2 Å². The maximum atomic E-state index is 12.8.